The van der Waals surface area contributed by atoms with Crippen LogP contribution in [0.5, 0.6) is 0 Å². The van der Waals surface area contributed by atoms with Crippen LogP contribution in [0.1, 0.15) is 22.1 Å². The Morgan fingerprint density at radius 1 is 1.12 bits per heavy atom. The van der Waals surface area contributed by atoms with Gasteiger partial charge in [0.2, 0.25) is 15.9 Å². The van der Waals surface area contributed by atoms with Crippen LogP contribution in [0.2, 0.25) is 0 Å². The zero-order valence-corrected chi connectivity index (χ0v) is 19.8. The maximum Gasteiger partial charge on any atom is 0.243 e. The lowest BCUT2D eigenvalue weighted by molar-refractivity contribution is -0.115. The van der Waals surface area contributed by atoms with Crippen LogP contribution in [0.15, 0.2) is 70.1 Å². The quantitative estimate of drug-likeness (QED) is 0.518. The van der Waals surface area contributed by atoms with E-state index in [9.17, 15) is 13.2 Å². The van der Waals surface area contributed by atoms with Crippen molar-refractivity contribution in [2.45, 2.75) is 22.8 Å². The minimum atomic E-state index is -3.58. The predicted octanol–water partition coefficient (Wildman–Crippen LogP) is 3.62. The van der Waals surface area contributed by atoms with Crippen molar-refractivity contribution in [3.8, 4) is 0 Å². The number of nitrogens with one attached hydrogen (secondary N) is 1. The molecule has 0 radical (unpaired) electrons. The van der Waals surface area contributed by atoms with E-state index in [0.717, 1.165) is 11.1 Å². The summed E-state index contributed by atoms with van der Waals surface area (Å²) in [7, 11) is -3.58. The molecule has 1 amide bonds. The van der Waals surface area contributed by atoms with Gasteiger partial charge < -0.3 is 14.6 Å². The Labute approximate surface area is 197 Å². The molecule has 1 fully saturated rings. The van der Waals surface area contributed by atoms with Gasteiger partial charge in [-0.2, -0.15) is 4.31 Å². The Balaban J connectivity index is 1.50. The first-order valence-electron chi connectivity index (χ1n) is 10.5. The van der Waals surface area contributed by atoms with E-state index >= 15 is 0 Å². The molecule has 10 heteroatoms. The van der Waals surface area contributed by atoms with Crippen LogP contribution in [0.25, 0.3) is 0 Å². The van der Waals surface area contributed by atoms with Crippen molar-refractivity contribution >= 4 is 33.5 Å². The molecular formula is C23H25N3O5S2. The summed E-state index contributed by atoms with van der Waals surface area (Å²) in [6, 6.07) is 18.0. The second-order valence-electron chi connectivity index (χ2n) is 7.58. The minimum Gasteiger partial charge on any atom is -0.379 e. The van der Waals surface area contributed by atoms with Crippen molar-refractivity contribution in [3.63, 3.8) is 0 Å². The number of rotatable bonds is 8. The van der Waals surface area contributed by atoms with Gasteiger partial charge in [0.05, 0.1) is 18.1 Å². The number of nitrogens with zero attached hydrogens (tertiary/aromatic N) is 2. The summed E-state index contributed by atoms with van der Waals surface area (Å²) in [5.41, 5.74) is 1.66. The minimum absolute atomic E-state index is 0.225. The summed E-state index contributed by atoms with van der Waals surface area (Å²) in [6.07, 6.45) is 0. The maximum atomic E-state index is 13.0. The zero-order chi connectivity index (χ0) is 23.3. The SMILES string of the molecule is Cc1cc(NC(=O)[C@H](SCc2cccc(S(=O)(=O)N3CCOCC3)c2)c2ccccc2)no1. The van der Waals surface area contributed by atoms with Crippen LogP contribution in [0.4, 0.5) is 5.82 Å². The largest absolute Gasteiger partial charge is 0.379 e. The topological polar surface area (TPSA) is 102 Å². The number of aryl methyl sites for hydroxylation is 1. The number of aromatic nitrogens is 1. The predicted molar refractivity (Wildman–Crippen MR) is 126 cm³/mol. The van der Waals surface area contributed by atoms with E-state index in [1.807, 2.05) is 36.4 Å². The second kappa shape index (κ2) is 10.5. The average molecular weight is 488 g/mol. The molecule has 1 saturated heterocycles. The van der Waals surface area contributed by atoms with Crippen LogP contribution in [0.3, 0.4) is 0 Å². The van der Waals surface area contributed by atoms with Gasteiger partial charge in [0, 0.05) is 24.9 Å². The summed E-state index contributed by atoms with van der Waals surface area (Å²) in [5, 5.41) is 6.12. The standard InChI is InChI=1S/C23H25N3O5S2/c1-17-14-21(25-31-17)24-23(27)22(19-7-3-2-4-8-19)32-16-18-6-5-9-20(15-18)33(28,29)26-10-12-30-13-11-26/h2-9,14-15,22H,10-13,16H2,1H3,(H,24,25,27)/t22-/m1/s1. The van der Waals surface area contributed by atoms with E-state index < -0.39 is 15.3 Å². The molecule has 4 rings (SSSR count). The number of sulfonamides is 1. The van der Waals surface area contributed by atoms with Crippen LogP contribution < -0.4 is 5.32 Å². The summed E-state index contributed by atoms with van der Waals surface area (Å²) in [5.74, 6) is 1.19. The van der Waals surface area contributed by atoms with E-state index in [0.29, 0.717) is 43.6 Å². The average Bonchev–Trinajstić information content (AvgIpc) is 3.25. The monoisotopic (exact) mass is 487 g/mol. The smallest absolute Gasteiger partial charge is 0.243 e. The molecule has 3 aromatic rings. The third-order valence-electron chi connectivity index (χ3n) is 5.14. The highest BCUT2D eigenvalue weighted by molar-refractivity contribution is 7.99. The summed E-state index contributed by atoms with van der Waals surface area (Å²) in [4.78, 5) is 13.3. The van der Waals surface area contributed by atoms with E-state index in [2.05, 4.69) is 10.5 Å². The number of hydrogen-bond acceptors (Lipinski definition) is 7. The van der Waals surface area contributed by atoms with Gasteiger partial charge in [-0.3, -0.25) is 4.79 Å². The van der Waals surface area contributed by atoms with Gasteiger partial charge in [-0.1, -0.05) is 47.6 Å². The number of carbonyl (C=O) groups excluding carboxylic acids is 1. The number of ether oxygens (including phenoxy) is 1. The lowest BCUT2D eigenvalue weighted by Gasteiger charge is -2.26. The molecule has 0 spiro atoms. The van der Waals surface area contributed by atoms with Gasteiger partial charge in [-0.05, 0) is 30.2 Å². The van der Waals surface area contributed by atoms with Crippen LogP contribution in [-0.2, 0) is 25.3 Å². The number of carbonyl (C=O) groups is 1. The second-order valence-corrected chi connectivity index (χ2v) is 10.6. The number of hydrogen-bond donors (Lipinski definition) is 1. The van der Waals surface area contributed by atoms with E-state index in [4.69, 9.17) is 9.26 Å². The van der Waals surface area contributed by atoms with Gasteiger partial charge in [-0.15, -0.1) is 11.8 Å². The Hall–Kier alpha value is -2.66. The molecule has 0 aliphatic carbocycles. The molecule has 2 heterocycles. The van der Waals surface area contributed by atoms with Gasteiger partial charge in [-0.25, -0.2) is 8.42 Å². The number of thioether (sulfide) groups is 1. The Morgan fingerprint density at radius 2 is 1.88 bits per heavy atom. The molecule has 2 aromatic carbocycles. The van der Waals surface area contributed by atoms with Crippen molar-refractivity contribution < 1.29 is 22.5 Å². The summed E-state index contributed by atoms with van der Waals surface area (Å²) >= 11 is 1.42. The fourth-order valence-electron chi connectivity index (χ4n) is 3.48. The van der Waals surface area contributed by atoms with Crippen molar-refractivity contribution in [2.75, 3.05) is 31.6 Å². The molecular weight excluding hydrogens is 462 g/mol. The fraction of sp³-hybridized carbons (Fsp3) is 0.304. The van der Waals surface area contributed by atoms with Crippen molar-refractivity contribution in [1.29, 1.82) is 0 Å². The van der Waals surface area contributed by atoms with Gasteiger partial charge in [0.15, 0.2) is 5.82 Å². The highest BCUT2D eigenvalue weighted by atomic mass is 32.2. The van der Waals surface area contributed by atoms with Gasteiger partial charge >= 0.3 is 0 Å². The molecule has 174 valence electrons. The molecule has 1 N–H and O–H groups in total. The Kier molecular flexibility index (Phi) is 7.49. The first-order chi connectivity index (χ1) is 15.9. The highest BCUT2D eigenvalue weighted by Crippen LogP contribution is 2.33. The van der Waals surface area contributed by atoms with Crippen molar-refractivity contribution in [1.82, 2.24) is 9.46 Å². The number of amides is 1. The highest BCUT2D eigenvalue weighted by Gasteiger charge is 2.27. The van der Waals surface area contributed by atoms with E-state index in [1.54, 1.807) is 31.2 Å². The van der Waals surface area contributed by atoms with E-state index in [1.165, 1.54) is 16.1 Å². The summed E-state index contributed by atoms with van der Waals surface area (Å²) < 4.78 is 37.7. The molecule has 1 aliphatic heterocycles. The zero-order valence-electron chi connectivity index (χ0n) is 18.1. The number of benzene rings is 2. The molecule has 33 heavy (non-hydrogen) atoms. The number of morpholine rings is 1. The first-order valence-corrected chi connectivity index (χ1v) is 13.0. The maximum absolute atomic E-state index is 13.0. The molecule has 1 atom stereocenters. The molecule has 1 aliphatic rings. The normalized spacial score (nSPS) is 15.8. The van der Waals surface area contributed by atoms with Crippen LogP contribution in [-0.4, -0.2) is 50.1 Å². The molecule has 0 bridgehead atoms. The fourth-order valence-corrected chi connectivity index (χ4v) is 6.06. The van der Waals surface area contributed by atoms with Crippen molar-refractivity contribution in [2.24, 2.45) is 0 Å². The van der Waals surface area contributed by atoms with Crippen LogP contribution in [0, 0.1) is 6.92 Å². The van der Waals surface area contributed by atoms with Gasteiger partial charge in [0.1, 0.15) is 11.0 Å². The molecule has 1 aromatic heterocycles. The third kappa shape index (κ3) is 5.83. The van der Waals surface area contributed by atoms with E-state index in [-0.39, 0.29) is 10.8 Å². The molecule has 0 unspecified atom stereocenters. The van der Waals surface area contributed by atoms with Crippen LogP contribution >= 0.6 is 11.8 Å². The molecule has 8 nitrogen and oxygen atoms in total. The van der Waals surface area contributed by atoms with Crippen molar-refractivity contribution in [3.05, 3.63) is 77.6 Å². The summed E-state index contributed by atoms with van der Waals surface area (Å²) in [6.45, 7) is 3.24. The lowest BCUT2D eigenvalue weighted by Crippen LogP contribution is -2.40. The first kappa shape index (κ1) is 23.5. The van der Waals surface area contributed by atoms with Gasteiger partial charge in [0.25, 0.3) is 0 Å². The number of anilines is 1. The third-order valence-corrected chi connectivity index (χ3v) is 8.36. The lowest BCUT2D eigenvalue weighted by atomic mass is 10.1. The Morgan fingerprint density at radius 3 is 2.58 bits per heavy atom. The molecule has 0 saturated carbocycles. The Bertz CT molecular complexity index is 1190.